The van der Waals surface area contributed by atoms with E-state index in [1.807, 2.05) is 18.2 Å². The molecule has 3 aromatic rings. The van der Waals surface area contributed by atoms with Crippen LogP contribution in [0.3, 0.4) is 0 Å². The highest BCUT2D eigenvalue weighted by atomic mass is 32.1. The molecule has 2 aliphatic rings. The lowest BCUT2D eigenvalue weighted by molar-refractivity contribution is -0.127. The second-order valence-electron chi connectivity index (χ2n) is 10.5. The fourth-order valence-corrected chi connectivity index (χ4v) is 6.33. The molecule has 3 amide bonds. The van der Waals surface area contributed by atoms with Gasteiger partial charge in [-0.2, -0.15) is 0 Å². The smallest absolute Gasteiger partial charge is 0.234 e. The summed E-state index contributed by atoms with van der Waals surface area (Å²) in [6.45, 7) is 7.73. The Morgan fingerprint density at radius 3 is 2.65 bits per heavy atom. The zero-order valence-corrected chi connectivity index (χ0v) is 24.0. The van der Waals surface area contributed by atoms with E-state index in [4.69, 9.17) is 4.74 Å². The number of hydrogen-bond donors (Lipinski definition) is 1. The maximum atomic E-state index is 12.9. The molecule has 0 saturated carbocycles. The molecule has 1 saturated heterocycles. The number of carbonyl (C=O) groups is 3. The van der Waals surface area contributed by atoms with E-state index < -0.39 is 0 Å². The lowest BCUT2D eigenvalue weighted by Gasteiger charge is -2.36. The Bertz CT molecular complexity index is 1350. The van der Waals surface area contributed by atoms with Crippen LogP contribution >= 0.6 is 11.3 Å². The van der Waals surface area contributed by atoms with Gasteiger partial charge in [-0.1, -0.05) is 12.1 Å². The van der Waals surface area contributed by atoms with Crippen LogP contribution in [-0.2, 0) is 20.8 Å². The molecule has 40 heavy (non-hydrogen) atoms. The zero-order valence-electron chi connectivity index (χ0n) is 23.2. The van der Waals surface area contributed by atoms with Crippen molar-refractivity contribution in [3.8, 4) is 5.75 Å². The molecule has 2 aromatic carbocycles. The zero-order chi connectivity index (χ0) is 27.9. The Morgan fingerprint density at radius 1 is 0.975 bits per heavy atom. The maximum absolute atomic E-state index is 12.9. The Morgan fingerprint density at radius 2 is 1.82 bits per heavy atom. The van der Waals surface area contributed by atoms with Crippen LogP contribution in [0.2, 0.25) is 0 Å². The molecule has 1 aromatic heterocycles. The lowest BCUT2D eigenvalue weighted by atomic mass is 10.00. The van der Waals surface area contributed by atoms with Crippen LogP contribution in [0.1, 0.15) is 44.6 Å². The molecule has 0 spiro atoms. The first-order chi connectivity index (χ1) is 19.5. The van der Waals surface area contributed by atoms with Crippen LogP contribution in [0.15, 0.2) is 47.8 Å². The lowest BCUT2D eigenvalue weighted by Crippen LogP contribution is -2.46. The van der Waals surface area contributed by atoms with Gasteiger partial charge < -0.3 is 15.0 Å². The van der Waals surface area contributed by atoms with E-state index in [-0.39, 0.29) is 24.1 Å². The third-order valence-corrected chi connectivity index (χ3v) is 8.55. The monoisotopic (exact) mass is 562 g/mol. The van der Waals surface area contributed by atoms with Crippen molar-refractivity contribution in [2.24, 2.45) is 0 Å². The van der Waals surface area contributed by atoms with E-state index in [0.717, 1.165) is 51.1 Å². The molecular weight excluding hydrogens is 524 g/mol. The van der Waals surface area contributed by atoms with Crippen molar-refractivity contribution in [3.63, 3.8) is 0 Å². The number of benzene rings is 2. The molecular formula is C31H38N4O4S. The number of rotatable bonds is 11. The SMILES string of the molecule is CC(=O)NCCCC(=O)N1C(=O)CCc2ccc(OCCCCN3CCN(c4cccc5sccc45)CC3)cc21. The second-order valence-corrected chi connectivity index (χ2v) is 11.4. The Kier molecular flexibility index (Phi) is 9.34. The summed E-state index contributed by atoms with van der Waals surface area (Å²) in [4.78, 5) is 42.9. The molecule has 0 bridgehead atoms. The van der Waals surface area contributed by atoms with E-state index in [1.165, 1.54) is 27.6 Å². The number of imide groups is 1. The van der Waals surface area contributed by atoms with Crippen LogP contribution in [0.4, 0.5) is 11.4 Å². The predicted molar refractivity (Wildman–Crippen MR) is 160 cm³/mol. The van der Waals surface area contributed by atoms with Gasteiger partial charge in [0.25, 0.3) is 0 Å². The van der Waals surface area contributed by atoms with Gasteiger partial charge in [-0.15, -0.1) is 11.3 Å². The summed E-state index contributed by atoms with van der Waals surface area (Å²) in [7, 11) is 0. The van der Waals surface area contributed by atoms with Gasteiger partial charge in [0.15, 0.2) is 0 Å². The molecule has 1 fully saturated rings. The van der Waals surface area contributed by atoms with Crippen molar-refractivity contribution < 1.29 is 19.1 Å². The normalized spacial score (nSPS) is 15.8. The van der Waals surface area contributed by atoms with Crippen molar-refractivity contribution in [3.05, 3.63) is 53.4 Å². The molecule has 0 unspecified atom stereocenters. The molecule has 9 heteroatoms. The largest absolute Gasteiger partial charge is 0.494 e. The first kappa shape index (κ1) is 28.1. The molecule has 5 rings (SSSR count). The number of unbranched alkanes of at least 4 members (excludes halogenated alkanes) is 1. The minimum Gasteiger partial charge on any atom is -0.494 e. The first-order valence-electron chi connectivity index (χ1n) is 14.3. The molecule has 1 N–H and O–H groups in total. The minimum atomic E-state index is -0.236. The number of amides is 3. The van der Waals surface area contributed by atoms with Gasteiger partial charge in [0, 0.05) is 74.3 Å². The number of nitrogens with one attached hydrogen (secondary N) is 1. The average molecular weight is 563 g/mol. The number of carbonyl (C=O) groups excluding carboxylic acids is 3. The van der Waals surface area contributed by atoms with E-state index in [1.54, 1.807) is 11.3 Å². The number of anilines is 2. The van der Waals surface area contributed by atoms with Gasteiger partial charge in [0.1, 0.15) is 5.75 Å². The summed E-state index contributed by atoms with van der Waals surface area (Å²) in [6, 6.07) is 14.5. The molecule has 0 aliphatic carbocycles. The van der Waals surface area contributed by atoms with Gasteiger partial charge >= 0.3 is 0 Å². The van der Waals surface area contributed by atoms with Crippen molar-refractivity contribution in [1.29, 1.82) is 0 Å². The van der Waals surface area contributed by atoms with Crippen LogP contribution < -0.4 is 19.9 Å². The van der Waals surface area contributed by atoms with Gasteiger partial charge in [0.05, 0.1) is 12.3 Å². The average Bonchev–Trinajstić information content (AvgIpc) is 3.44. The first-order valence-corrected chi connectivity index (χ1v) is 15.2. The van der Waals surface area contributed by atoms with E-state index in [0.29, 0.717) is 43.9 Å². The predicted octanol–water partition coefficient (Wildman–Crippen LogP) is 4.60. The van der Waals surface area contributed by atoms with Crippen LogP contribution in [0, 0.1) is 0 Å². The molecule has 0 atom stereocenters. The second kappa shape index (κ2) is 13.3. The summed E-state index contributed by atoms with van der Waals surface area (Å²) in [5, 5.41) is 6.22. The Labute approximate surface area is 239 Å². The number of hydrogen-bond acceptors (Lipinski definition) is 7. The van der Waals surface area contributed by atoms with Gasteiger partial charge in [-0.25, -0.2) is 0 Å². The minimum absolute atomic E-state index is 0.126. The van der Waals surface area contributed by atoms with Crippen LogP contribution in [0.5, 0.6) is 5.75 Å². The van der Waals surface area contributed by atoms with E-state index in [9.17, 15) is 14.4 Å². The maximum Gasteiger partial charge on any atom is 0.234 e. The van der Waals surface area contributed by atoms with Crippen LogP contribution in [0.25, 0.3) is 10.1 Å². The van der Waals surface area contributed by atoms with Crippen molar-refractivity contribution >= 4 is 50.5 Å². The summed E-state index contributed by atoms with van der Waals surface area (Å²) in [5.41, 5.74) is 2.97. The van der Waals surface area contributed by atoms with Gasteiger partial charge in [-0.3, -0.25) is 24.2 Å². The van der Waals surface area contributed by atoms with Crippen LogP contribution in [-0.4, -0.2) is 68.5 Å². The molecule has 2 aliphatic heterocycles. The van der Waals surface area contributed by atoms with E-state index in [2.05, 4.69) is 44.8 Å². The van der Waals surface area contributed by atoms with Crippen molar-refractivity contribution in [2.45, 2.75) is 45.4 Å². The van der Waals surface area contributed by atoms with Gasteiger partial charge in [-0.05, 0) is 67.4 Å². The van der Waals surface area contributed by atoms with Gasteiger partial charge in [0.2, 0.25) is 17.7 Å². The Balaban J connectivity index is 1.06. The number of ether oxygens (including phenoxy) is 1. The summed E-state index contributed by atoms with van der Waals surface area (Å²) in [5.74, 6) is 0.140. The highest BCUT2D eigenvalue weighted by molar-refractivity contribution is 7.17. The molecule has 8 nitrogen and oxygen atoms in total. The number of piperazine rings is 1. The van der Waals surface area contributed by atoms with Crippen molar-refractivity contribution in [1.82, 2.24) is 10.2 Å². The molecule has 3 heterocycles. The summed E-state index contributed by atoms with van der Waals surface area (Å²) in [6.07, 6.45) is 3.64. The number of thiophene rings is 1. The molecule has 212 valence electrons. The number of fused-ring (bicyclic) bond motifs is 2. The summed E-state index contributed by atoms with van der Waals surface area (Å²) >= 11 is 1.80. The Hall–Kier alpha value is -3.43. The fraction of sp³-hybridized carbons (Fsp3) is 0.452. The third kappa shape index (κ3) is 6.82. The fourth-order valence-electron chi connectivity index (χ4n) is 5.52. The quantitative estimate of drug-likeness (QED) is 0.344. The third-order valence-electron chi connectivity index (χ3n) is 7.67. The summed E-state index contributed by atoms with van der Waals surface area (Å²) < 4.78 is 7.39. The standard InChI is InChI=1S/C31H38N4O4S/c1-23(36)32-14-5-8-30(37)35-28-22-25(11-9-24(28)10-12-31(35)38)39-20-3-2-15-33-16-18-34(19-17-33)27-6-4-7-29-26(27)13-21-40-29/h4,6-7,9,11,13,21-22H,2-3,5,8,10,12,14-20H2,1H3,(H,32,36). The number of aryl methyl sites for hydroxylation is 1. The molecule has 0 radical (unpaired) electrons. The highest BCUT2D eigenvalue weighted by Crippen LogP contribution is 2.33. The highest BCUT2D eigenvalue weighted by Gasteiger charge is 2.29. The number of nitrogens with zero attached hydrogens (tertiary/aromatic N) is 3. The van der Waals surface area contributed by atoms with E-state index >= 15 is 0 Å². The topological polar surface area (TPSA) is 82.2 Å². The van der Waals surface area contributed by atoms with Crippen molar-refractivity contribution in [2.75, 3.05) is 55.7 Å².